The van der Waals surface area contributed by atoms with Gasteiger partial charge >= 0.3 is 6.03 Å². The van der Waals surface area contributed by atoms with Gasteiger partial charge in [-0.15, -0.1) is 0 Å². The lowest BCUT2D eigenvalue weighted by molar-refractivity contribution is -0.122. The number of carbonyl (C=O) groups is 3. The van der Waals surface area contributed by atoms with E-state index in [0.29, 0.717) is 21.5 Å². The van der Waals surface area contributed by atoms with E-state index >= 15 is 0 Å². The molecular weight excluding hydrogens is 630 g/mol. The molecule has 4 amide bonds. The van der Waals surface area contributed by atoms with Gasteiger partial charge in [-0.05, 0) is 117 Å². The maximum absolute atomic E-state index is 13.2. The van der Waals surface area contributed by atoms with E-state index in [1.165, 1.54) is 18.2 Å². The molecule has 0 saturated carbocycles. The van der Waals surface area contributed by atoms with Gasteiger partial charge in [0.05, 0.1) is 13.7 Å². The standard InChI is InChI=1S/C26H19BrFIN2O4/c1-14-3-8-19(9-15(14)2)31-25(33)20(24(32)30-26(31)34)10-17-11-21(27)23(22(29)12-17)35-13-16-4-6-18(28)7-5-16/h3-12H,13H2,1-2H3,(H,30,32,34)/b20-10+. The number of carbonyl (C=O) groups excluding carboxylic acids is 3. The van der Waals surface area contributed by atoms with Crippen molar-refractivity contribution in [1.82, 2.24) is 5.32 Å². The van der Waals surface area contributed by atoms with Gasteiger partial charge in [-0.2, -0.15) is 0 Å². The number of benzene rings is 3. The van der Waals surface area contributed by atoms with Crippen molar-refractivity contribution < 1.29 is 23.5 Å². The third kappa shape index (κ3) is 5.46. The van der Waals surface area contributed by atoms with Crippen molar-refractivity contribution in [3.8, 4) is 5.75 Å². The maximum Gasteiger partial charge on any atom is 0.335 e. The molecule has 3 aromatic rings. The number of hydrogen-bond donors (Lipinski definition) is 1. The molecule has 0 radical (unpaired) electrons. The summed E-state index contributed by atoms with van der Waals surface area (Å²) in [5.41, 5.74) is 3.54. The number of amides is 4. The predicted octanol–water partition coefficient (Wildman–Crippen LogP) is 6.06. The summed E-state index contributed by atoms with van der Waals surface area (Å²) in [5, 5.41) is 2.24. The van der Waals surface area contributed by atoms with Gasteiger partial charge in [0.1, 0.15) is 23.7 Å². The summed E-state index contributed by atoms with van der Waals surface area (Å²) in [6.07, 6.45) is 1.44. The Kier molecular flexibility index (Phi) is 7.36. The smallest absolute Gasteiger partial charge is 0.335 e. The van der Waals surface area contributed by atoms with Crippen molar-refractivity contribution in [3.63, 3.8) is 0 Å². The molecule has 1 heterocycles. The van der Waals surface area contributed by atoms with E-state index in [0.717, 1.165) is 25.2 Å². The fourth-order valence-corrected chi connectivity index (χ4v) is 5.23. The first-order valence-corrected chi connectivity index (χ1v) is 12.4. The molecule has 0 atom stereocenters. The number of anilines is 1. The number of barbiturate groups is 1. The maximum atomic E-state index is 13.2. The number of imide groups is 2. The monoisotopic (exact) mass is 648 g/mol. The summed E-state index contributed by atoms with van der Waals surface area (Å²) in [5.74, 6) is -1.21. The van der Waals surface area contributed by atoms with Crippen LogP contribution in [0.3, 0.4) is 0 Å². The zero-order chi connectivity index (χ0) is 25.3. The van der Waals surface area contributed by atoms with Gasteiger partial charge in [-0.3, -0.25) is 14.9 Å². The van der Waals surface area contributed by atoms with Crippen molar-refractivity contribution in [2.24, 2.45) is 0 Å². The molecule has 0 spiro atoms. The molecule has 1 fully saturated rings. The normalized spacial score (nSPS) is 14.9. The van der Waals surface area contributed by atoms with Crippen LogP contribution in [0.2, 0.25) is 0 Å². The molecule has 35 heavy (non-hydrogen) atoms. The summed E-state index contributed by atoms with van der Waals surface area (Å²) in [7, 11) is 0. The zero-order valence-corrected chi connectivity index (χ0v) is 22.4. The molecule has 0 aromatic heterocycles. The average Bonchev–Trinajstić information content (AvgIpc) is 2.79. The number of aryl methyl sites for hydroxylation is 2. The van der Waals surface area contributed by atoms with Crippen LogP contribution in [0.5, 0.6) is 5.75 Å². The van der Waals surface area contributed by atoms with E-state index in [2.05, 4.69) is 43.8 Å². The highest BCUT2D eigenvalue weighted by molar-refractivity contribution is 14.1. The summed E-state index contributed by atoms with van der Waals surface area (Å²) < 4.78 is 20.4. The van der Waals surface area contributed by atoms with Gasteiger partial charge < -0.3 is 4.74 Å². The van der Waals surface area contributed by atoms with E-state index in [1.54, 1.807) is 36.4 Å². The second kappa shape index (κ2) is 10.3. The predicted molar refractivity (Wildman–Crippen MR) is 143 cm³/mol. The molecule has 3 aromatic carbocycles. The number of rotatable bonds is 5. The van der Waals surface area contributed by atoms with E-state index < -0.39 is 17.8 Å². The molecule has 178 valence electrons. The number of halogens is 3. The van der Waals surface area contributed by atoms with E-state index in [-0.39, 0.29) is 18.0 Å². The number of nitrogens with zero attached hydrogens (tertiary/aromatic N) is 1. The summed E-state index contributed by atoms with van der Waals surface area (Å²) in [6.45, 7) is 4.05. The van der Waals surface area contributed by atoms with Crippen LogP contribution in [0, 0.1) is 23.2 Å². The summed E-state index contributed by atoms with van der Waals surface area (Å²) in [4.78, 5) is 39.1. The van der Waals surface area contributed by atoms with Crippen LogP contribution in [0.4, 0.5) is 14.9 Å². The van der Waals surface area contributed by atoms with Crippen LogP contribution in [0.25, 0.3) is 6.08 Å². The average molecular weight is 649 g/mol. The second-order valence-electron chi connectivity index (χ2n) is 7.96. The molecule has 1 aliphatic rings. The van der Waals surface area contributed by atoms with E-state index in [4.69, 9.17) is 4.74 Å². The third-order valence-electron chi connectivity index (χ3n) is 5.48. The Hall–Kier alpha value is -3.05. The minimum Gasteiger partial charge on any atom is -0.487 e. The minimum absolute atomic E-state index is 0.162. The molecule has 0 unspecified atom stereocenters. The minimum atomic E-state index is -0.791. The Labute approximate surface area is 223 Å². The summed E-state index contributed by atoms with van der Waals surface area (Å²) in [6, 6.07) is 13.9. The summed E-state index contributed by atoms with van der Waals surface area (Å²) >= 11 is 5.58. The molecule has 0 aliphatic carbocycles. The van der Waals surface area contributed by atoms with Gasteiger partial charge in [-0.25, -0.2) is 14.1 Å². The number of nitrogens with one attached hydrogen (secondary N) is 1. The number of hydrogen-bond acceptors (Lipinski definition) is 4. The van der Waals surface area contributed by atoms with Crippen LogP contribution >= 0.6 is 38.5 Å². The Balaban J connectivity index is 1.61. The fraction of sp³-hybridized carbons (Fsp3) is 0.115. The molecule has 1 aliphatic heterocycles. The highest BCUT2D eigenvalue weighted by Crippen LogP contribution is 2.34. The molecule has 1 saturated heterocycles. The van der Waals surface area contributed by atoms with E-state index in [1.807, 2.05) is 19.9 Å². The van der Waals surface area contributed by atoms with Gasteiger partial charge in [0, 0.05) is 0 Å². The van der Waals surface area contributed by atoms with Crippen molar-refractivity contribution in [3.05, 3.63) is 96.3 Å². The Morgan fingerprint density at radius 3 is 2.40 bits per heavy atom. The lowest BCUT2D eigenvalue weighted by atomic mass is 10.1. The topological polar surface area (TPSA) is 75.7 Å². The van der Waals surface area contributed by atoms with Gasteiger partial charge in [0.2, 0.25) is 0 Å². The van der Waals surface area contributed by atoms with Crippen LogP contribution < -0.4 is 15.0 Å². The Morgan fingerprint density at radius 1 is 1.03 bits per heavy atom. The van der Waals surface area contributed by atoms with Gasteiger partial charge in [-0.1, -0.05) is 18.2 Å². The lowest BCUT2D eigenvalue weighted by Gasteiger charge is -2.27. The van der Waals surface area contributed by atoms with Gasteiger partial charge in [0.25, 0.3) is 11.8 Å². The van der Waals surface area contributed by atoms with Crippen LogP contribution in [0.15, 0.2) is 64.6 Å². The van der Waals surface area contributed by atoms with Crippen molar-refractivity contribution in [2.45, 2.75) is 20.5 Å². The highest BCUT2D eigenvalue weighted by Gasteiger charge is 2.37. The molecule has 4 rings (SSSR count). The van der Waals surface area contributed by atoms with Gasteiger partial charge in [0.15, 0.2) is 0 Å². The van der Waals surface area contributed by atoms with E-state index in [9.17, 15) is 18.8 Å². The lowest BCUT2D eigenvalue weighted by Crippen LogP contribution is -2.54. The highest BCUT2D eigenvalue weighted by atomic mass is 127. The quantitative estimate of drug-likeness (QED) is 0.208. The zero-order valence-electron chi connectivity index (χ0n) is 18.7. The number of ether oxygens (including phenoxy) is 1. The molecule has 6 nitrogen and oxygen atoms in total. The number of urea groups is 1. The first kappa shape index (κ1) is 25.1. The van der Waals surface area contributed by atoms with Crippen LogP contribution in [-0.4, -0.2) is 17.8 Å². The fourth-order valence-electron chi connectivity index (χ4n) is 3.46. The second-order valence-corrected chi connectivity index (χ2v) is 9.97. The Morgan fingerprint density at radius 2 is 1.74 bits per heavy atom. The first-order chi connectivity index (χ1) is 16.6. The molecule has 9 heteroatoms. The molecule has 0 bridgehead atoms. The van der Waals surface area contributed by atoms with Crippen LogP contribution in [-0.2, 0) is 16.2 Å². The first-order valence-electron chi connectivity index (χ1n) is 10.5. The van der Waals surface area contributed by atoms with Crippen molar-refractivity contribution in [1.29, 1.82) is 0 Å². The largest absolute Gasteiger partial charge is 0.487 e. The van der Waals surface area contributed by atoms with Crippen LogP contribution in [0.1, 0.15) is 22.3 Å². The van der Waals surface area contributed by atoms with Crippen molar-refractivity contribution >= 4 is 68.1 Å². The third-order valence-corrected chi connectivity index (χ3v) is 6.87. The molecule has 1 N–H and O–H groups in total. The Bertz CT molecular complexity index is 1370. The molecular formula is C26H19BrFIN2O4. The van der Waals surface area contributed by atoms with Crippen molar-refractivity contribution in [2.75, 3.05) is 4.90 Å². The SMILES string of the molecule is Cc1ccc(N2C(=O)NC(=O)/C(=C\c3cc(Br)c(OCc4ccc(F)cc4)c(I)c3)C2=O)cc1C.